The van der Waals surface area contributed by atoms with E-state index < -0.39 is 0 Å². The molecule has 14 heavy (non-hydrogen) atoms. The van der Waals surface area contributed by atoms with Crippen LogP contribution in [0, 0.1) is 0 Å². The standard InChI is InChI=1S/C11H24N2O/c1-2-7-13-8-4-11(5-9-13)14-10-3-6-12/h11H,2-10,12H2,1H3. The predicted octanol–water partition coefficient (Wildman–Crippen LogP) is 1.23. The van der Waals surface area contributed by atoms with E-state index in [1.165, 1.54) is 38.9 Å². The van der Waals surface area contributed by atoms with Crippen molar-refractivity contribution < 1.29 is 4.74 Å². The summed E-state index contributed by atoms with van der Waals surface area (Å²) >= 11 is 0. The normalized spacial score (nSPS) is 20.1. The van der Waals surface area contributed by atoms with E-state index in [-0.39, 0.29) is 0 Å². The molecule has 1 aliphatic heterocycles. The van der Waals surface area contributed by atoms with E-state index >= 15 is 0 Å². The molecule has 2 N–H and O–H groups in total. The molecule has 3 heteroatoms. The lowest BCUT2D eigenvalue weighted by Crippen LogP contribution is -2.37. The monoisotopic (exact) mass is 200 g/mol. The summed E-state index contributed by atoms with van der Waals surface area (Å²) in [4.78, 5) is 2.53. The van der Waals surface area contributed by atoms with Crippen LogP contribution in [0.5, 0.6) is 0 Å². The molecule has 0 aromatic heterocycles. The molecule has 84 valence electrons. The molecule has 1 aliphatic rings. The molecule has 0 bridgehead atoms. The summed E-state index contributed by atoms with van der Waals surface area (Å²) in [5.74, 6) is 0. The number of piperidine rings is 1. The summed E-state index contributed by atoms with van der Waals surface area (Å²) < 4.78 is 5.74. The van der Waals surface area contributed by atoms with Crippen LogP contribution in [0.15, 0.2) is 0 Å². The van der Waals surface area contributed by atoms with Gasteiger partial charge in [-0.1, -0.05) is 6.92 Å². The Morgan fingerprint density at radius 1 is 1.36 bits per heavy atom. The first kappa shape index (κ1) is 12.0. The fourth-order valence-corrected chi connectivity index (χ4v) is 1.95. The van der Waals surface area contributed by atoms with E-state index in [1.807, 2.05) is 0 Å². The number of hydrogen-bond donors (Lipinski definition) is 1. The summed E-state index contributed by atoms with van der Waals surface area (Å²) in [6.45, 7) is 7.49. The zero-order valence-electron chi connectivity index (χ0n) is 9.37. The molecule has 3 nitrogen and oxygen atoms in total. The molecule has 0 atom stereocenters. The maximum atomic E-state index is 5.74. The van der Waals surface area contributed by atoms with E-state index in [2.05, 4.69) is 11.8 Å². The molecule has 1 rings (SSSR count). The molecule has 1 saturated heterocycles. The summed E-state index contributed by atoms with van der Waals surface area (Å²) in [6, 6.07) is 0. The second kappa shape index (κ2) is 7.21. The molecule has 0 radical (unpaired) electrons. The first-order valence-corrected chi connectivity index (χ1v) is 5.90. The summed E-state index contributed by atoms with van der Waals surface area (Å²) in [5.41, 5.74) is 5.42. The van der Waals surface area contributed by atoms with Gasteiger partial charge in [0.15, 0.2) is 0 Å². The molecule has 0 aliphatic carbocycles. The van der Waals surface area contributed by atoms with Crippen molar-refractivity contribution in [2.24, 2.45) is 5.73 Å². The number of ether oxygens (including phenoxy) is 1. The van der Waals surface area contributed by atoms with Crippen molar-refractivity contribution in [3.8, 4) is 0 Å². The van der Waals surface area contributed by atoms with Crippen LogP contribution in [0.2, 0.25) is 0 Å². The van der Waals surface area contributed by atoms with Crippen LogP contribution in [0.1, 0.15) is 32.6 Å². The number of likely N-dealkylation sites (tertiary alicyclic amines) is 1. The van der Waals surface area contributed by atoms with Crippen molar-refractivity contribution in [3.63, 3.8) is 0 Å². The Hall–Kier alpha value is -0.120. The van der Waals surface area contributed by atoms with Crippen molar-refractivity contribution in [1.82, 2.24) is 4.90 Å². The Bertz CT molecular complexity index is 133. The number of nitrogens with two attached hydrogens (primary N) is 1. The second-order valence-electron chi connectivity index (χ2n) is 4.05. The van der Waals surface area contributed by atoms with E-state index in [4.69, 9.17) is 10.5 Å². The highest BCUT2D eigenvalue weighted by Crippen LogP contribution is 2.13. The van der Waals surface area contributed by atoms with Crippen molar-refractivity contribution in [1.29, 1.82) is 0 Å². The van der Waals surface area contributed by atoms with Gasteiger partial charge in [-0.2, -0.15) is 0 Å². The van der Waals surface area contributed by atoms with Crippen LogP contribution in [-0.2, 0) is 4.74 Å². The lowest BCUT2D eigenvalue weighted by Gasteiger charge is -2.31. The molecule has 1 fully saturated rings. The predicted molar refractivity (Wildman–Crippen MR) is 59.4 cm³/mol. The minimum atomic E-state index is 0.495. The van der Waals surface area contributed by atoms with Gasteiger partial charge >= 0.3 is 0 Å². The van der Waals surface area contributed by atoms with Crippen molar-refractivity contribution in [3.05, 3.63) is 0 Å². The molecule has 0 aromatic rings. The van der Waals surface area contributed by atoms with Gasteiger partial charge < -0.3 is 15.4 Å². The van der Waals surface area contributed by atoms with Gasteiger partial charge in [0.05, 0.1) is 6.10 Å². The fraction of sp³-hybridized carbons (Fsp3) is 1.00. The SMILES string of the molecule is CCCN1CCC(OCCCN)CC1. The van der Waals surface area contributed by atoms with E-state index in [1.54, 1.807) is 0 Å². The van der Waals surface area contributed by atoms with Gasteiger partial charge in [-0.25, -0.2) is 0 Å². The van der Waals surface area contributed by atoms with Gasteiger partial charge in [-0.15, -0.1) is 0 Å². The zero-order valence-corrected chi connectivity index (χ0v) is 9.37. The van der Waals surface area contributed by atoms with Gasteiger partial charge in [0.2, 0.25) is 0 Å². The Morgan fingerprint density at radius 3 is 2.64 bits per heavy atom. The molecule has 1 heterocycles. The maximum Gasteiger partial charge on any atom is 0.0599 e. The Labute approximate surface area is 87.6 Å². The third-order valence-electron chi connectivity index (χ3n) is 2.78. The highest BCUT2D eigenvalue weighted by Gasteiger charge is 2.18. The van der Waals surface area contributed by atoms with Gasteiger partial charge in [0, 0.05) is 19.7 Å². The quantitative estimate of drug-likeness (QED) is 0.655. The summed E-state index contributed by atoms with van der Waals surface area (Å²) in [7, 11) is 0. The summed E-state index contributed by atoms with van der Waals surface area (Å²) in [6.07, 6.45) is 5.15. The molecular weight excluding hydrogens is 176 g/mol. The molecule has 0 spiro atoms. The van der Waals surface area contributed by atoms with Crippen molar-refractivity contribution in [2.45, 2.75) is 38.7 Å². The third-order valence-corrected chi connectivity index (χ3v) is 2.78. The summed E-state index contributed by atoms with van der Waals surface area (Å²) in [5, 5.41) is 0. The van der Waals surface area contributed by atoms with Gasteiger partial charge in [0.1, 0.15) is 0 Å². The van der Waals surface area contributed by atoms with E-state index in [0.717, 1.165) is 19.6 Å². The average molecular weight is 200 g/mol. The first-order chi connectivity index (χ1) is 6.86. The van der Waals surface area contributed by atoms with Gasteiger partial charge in [-0.05, 0) is 38.8 Å². The van der Waals surface area contributed by atoms with Crippen molar-refractivity contribution >= 4 is 0 Å². The minimum absolute atomic E-state index is 0.495. The van der Waals surface area contributed by atoms with Crippen LogP contribution in [0.25, 0.3) is 0 Å². The van der Waals surface area contributed by atoms with Crippen LogP contribution >= 0.6 is 0 Å². The largest absolute Gasteiger partial charge is 0.378 e. The Morgan fingerprint density at radius 2 is 2.07 bits per heavy atom. The molecule has 0 saturated carbocycles. The first-order valence-electron chi connectivity index (χ1n) is 5.90. The smallest absolute Gasteiger partial charge is 0.0599 e. The van der Waals surface area contributed by atoms with Crippen LogP contribution in [0.3, 0.4) is 0 Å². The molecule has 0 unspecified atom stereocenters. The van der Waals surface area contributed by atoms with Gasteiger partial charge in [-0.3, -0.25) is 0 Å². The lowest BCUT2D eigenvalue weighted by molar-refractivity contribution is 0.00733. The second-order valence-corrected chi connectivity index (χ2v) is 4.05. The highest BCUT2D eigenvalue weighted by molar-refractivity contribution is 4.72. The van der Waals surface area contributed by atoms with Crippen LogP contribution < -0.4 is 5.73 Å². The minimum Gasteiger partial charge on any atom is -0.378 e. The fourth-order valence-electron chi connectivity index (χ4n) is 1.95. The molecule has 0 aromatic carbocycles. The average Bonchev–Trinajstić information content (AvgIpc) is 2.21. The highest BCUT2D eigenvalue weighted by atomic mass is 16.5. The Balaban J connectivity index is 2.03. The van der Waals surface area contributed by atoms with E-state index in [0.29, 0.717) is 6.10 Å². The van der Waals surface area contributed by atoms with E-state index in [9.17, 15) is 0 Å². The number of rotatable bonds is 6. The van der Waals surface area contributed by atoms with Crippen LogP contribution in [0.4, 0.5) is 0 Å². The number of hydrogen-bond acceptors (Lipinski definition) is 3. The maximum absolute atomic E-state index is 5.74. The Kier molecular flexibility index (Phi) is 6.15. The zero-order chi connectivity index (χ0) is 10.2. The topological polar surface area (TPSA) is 38.5 Å². The molecular formula is C11H24N2O. The molecule has 0 amide bonds. The van der Waals surface area contributed by atoms with Crippen LogP contribution in [-0.4, -0.2) is 43.8 Å². The third kappa shape index (κ3) is 4.40. The van der Waals surface area contributed by atoms with Crippen molar-refractivity contribution in [2.75, 3.05) is 32.8 Å². The number of nitrogens with zero attached hydrogens (tertiary/aromatic N) is 1. The lowest BCUT2D eigenvalue weighted by atomic mass is 10.1. The van der Waals surface area contributed by atoms with Gasteiger partial charge in [0.25, 0.3) is 0 Å².